The Kier molecular flexibility index (Phi) is 8.18. The van der Waals surface area contributed by atoms with Crippen molar-refractivity contribution >= 4 is 57.4 Å². The van der Waals surface area contributed by atoms with Crippen LogP contribution in [-0.4, -0.2) is 64.3 Å². The number of hydrogen-bond acceptors (Lipinski definition) is 8. The van der Waals surface area contributed by atoms with Gasteiger partial charge in [0, 0.05) is 38.9 Å². The summed E-state index contributed by atoms with van der Waals surface area (Å²) in [5, 5.41) is 0. The van der Waals surface area contributed by atoms with Gasteiger partial charge in [-0.3, -0.25) is 18.9 Å². The number of nitrogens with zero attached hydrogens (tertiary/aromatic N) is 5. The number of hydrogen-bond donors (Lipinski definition) is 0. The van der Waals surface area contributed by atoms with Crippen LogP contribution in [0.2, 0.25) is 0 Å². The Morgan fingerprint density at radius 2 is 1.72 bits per heavy atom. The van der Waals surface area contributed by atoms with E-state index in [0.29, 0.717) is 71.1 Å². The van der Waals surface area contributed by atoms with Gasteiger partial charge in [0.25, 0.3) is 11.5 Å². The van der Waals surface area contributed by atoms with E-state index in [9.17, 15) is 14.0 Å². The number of para-hydroxylation sites is 1. The Labute approximate surface area is 258 Å². The molecule has 2 aromatic heterocycles. The predicted octanol–water partition coefficient (Wildman–Crippen LogP) is 4.92. The van der Waals surface area contributed by atoms with E-state index >= 15 is 0 Å². The number of halogens is 1. The van der Waals surface area contributed by atoms with E-state index in [1.165, 1.54) is 22.2 Å². The Morgan fingerprint density at radius 3 is 2.44 bits per heavy atom. The quantitative estimate of drug-likeness (QED) is 0.214. The molecule has 4 aromatic rings. The van der Waals surface area contributed by atoms with Gasteiger partial charge in [-0.2, -0.15) is 0 Å². The van der Waals surface area contributed by atoms with E-state index in [2.05, 4.69) is 0 Å². The molecular formula is C32H30FN5O3S2. The summed E-state index contributed by atoms with van der Waals surface area (Å²) in [6, 6.07) is 18.2. The van der Waals surface area contributed by atoms with E-state index in [4.69, 9.17) is 21.9 Å². The first-order chi connectivity index (χ1) is 20.8. The van der Waals surface area contributed by atoms with Gasteiger partial charge in [-0.15, -0.1) is 0 Å². The Morgan fingerprint density at radius 1 is 1.00 bits per heavy atom. The summed E-state index contributed by atoms with van der Waals surface area (Å²) in [4.78, 5) is 38.4. The van der Waals surface area contributed by atoms with Gasteiger partial charge in [-0.25, -0.2) is 9.37 Å². The van der Waals surface area contributed by atoms with Crippen molar-refractivity contribution in [2.45, 2.75) is 13.3 Å². The van der Waals surface area contributed by atoms with Gasteiger partial charge < -0.3 is 14.5 Å². The highest BCUT2D eigenvalue weighted by molar-refractivity contribution is 8.26. The van der Waals surface area contributed by atoms with Crippen molar-refractivity contribution in [3.05, 3.63) is 105 Å². The zero-order chi connectivity index (χ0) is 30.1. The summed E-state index contributed by atoms with van der Waals surface area (Å²) in [6.45, 7) is 4.52. The number of thioether (sulfide) groups is 1. The lowest BCUT2D eigenvalue weighted by Gasteiger charge is -2.37. The molecule has 2 fully saturated rings. The van der Waals surface area contributed by atoms with E-state index in [1.54, 1.807) is 42.5 Å². The number of carbonyl (C=O) groups excluding carboxylic acids is 1. The van der Waals surface area contributed by atoms with E-state index < -0.39 is 0 Å². The van der Waals surface area contributed by atoms with Gasteiger partial charge >= 0.3 is 0 Å². The van der Waals surface area contributed by atoms with Crippen molar-refractivity contribution in [3.8, 4) is 5.75 Å². The monoisotopic (exact) mass is 615 g/mol. The summed E-state index contributed by atoms with van der Waals surface area (Å²) in [6.07, 6.45) is 3.95. The van der Waals surface area contributed by atoms with Crippen LogP contribution in [0.25, 0.3) is 11.7 Å². The summed E-state index contributed by atoms with van der Waals surface area (Å²) in [5.41, 5.74) is 3.11. The summed E-state index contributed by atoms with van der Waals surface area (Å²) >= 11 is 6.78. The van der Waals surface area contributed by atoms with Crippen LogP contribution < -0.4 is 20.1 Å². The van der Waals surface area contributed by atoms with Crippen LogP contribution in [0.1, 0.15) is 16.7 Å². The molecule has 0 atom stereocenters. The van der Waals surface area contributed by atoms with Crippen LogP contribution in [-0.2, 0) is 11.2 Å². The summed E-state index contributed by atoms with van der Waals surface area (Å²) in [5.74, 6) is 0.791. The minimum atomic E-state index is -0.261. The highest BCUT2D eigenvalue weighted by Crippen LogP contribution is 2.34. The average Bonchev–Trinajstić information content (AvgIpc) is 3.29. The number of pyridine rings is 1. The van der Waals surface area contributed by atoms with Gasteiger partial charge in [-0.05, 0) is 60.9 Å². The lowest BCUT2D eigenvalue weighted by atomic mass is 10.1. The van der Waals surface area contributed by atoms with Crippen molar-refractivity contribution in [1.29, 1.82) is 0 Å². The lowest BCUT2D eigenvalue weighted by Crippen LogP contribution is -2.47. The minimum Gasteiger partial charge on any atom is -0.497 e. The SMILES string of the molecule is COc1ccc(CCN2C(=O)/C(=C\c3c(N4CCN(c5ccccc5F)CC4)nc4c(C)cccn4c3=O)SC2=S)cc1. The van der Waals surface area contributed by atoms with Crippen LogP contribution in [0.3, 0.4) is 0 Å². The van der Waals surface area contributed by atoms with Crippen LogP contribution >= 0.6 is 24.0 Å². The van der Waals surface area contributed by atoms with Gasteiger partial charge in [0.05, 0.1) is 23.3 Å². The van der Waals surface area contributed by atoms with Gasteiger partial charge in [-0.1, -0.05) is 54.3 Å². The Balaban J connectivity index is 1.30. The molecule has 2 saturated heterocycles. The van der Waals surface area contributed by atoms with Crippen LogP contribution in [0, 0.1) is 12.7 Å². The number of benzene rings is 2. The van der Waals surface area contributed by atoms with E-state index in [1.807, 2.05) is 53.1 Å². The zero-order valence-corrected chi connectivity index (χ0v) is 25.5. The molecule has 8 nitrogen and oxygen atoms in total. The molecule has 0 unspecified atom stereocenters. The van der Waals surface area contributed by atoms with Crippen LogP contribution in [0.15, 0.2) is 76.6 Å². The second-order valence-electron chi connectivity index (χ2n) is 10.4. The third-order valence-corrected chi connectivity index (χ3v) is 9.15. The molecule has 0 aliphatic carbocycles. The van der Waals surface area contributed by atoms with Gasteiger partial charge in [0.1, 0.15) is 27.4 Å². The normalized spacial score (nSPS) is 16.5. The smallest absolute Gasteiger partial charge is 0.267 e. The molecule has 2 aliphatic rings. The van der Waals surface area contributed by atoms with Crippen molar-refractivity contribution in [2.75, 3.05) is 49.6 Å². The molecule has 6 rings (SSSR count). The number of fused-ring (bicyclic) bond motifs is 1. The fourth-order valence-corrected chi connectivity index (χ4v) is 6.68. The standard InChI is InChI=1S/C32H30FN5O3S2/c1-21-6-5-14-37-28(21)34-29(36-18-16-35(17-19-36)26-8-4-3-7-25(26)33)24(30(37)39)20-27-31(40)38(32(42)43-27)15-13-22-9-11-23(41-2)12-10-22/h3-12,14,20H,13,15-19H2,1-2H3/b27-20+. The van der Waals surface area contributed by atoms with E-state index in [-0.39, 0.29) is 17.3 Å². The fourth-order valence-electron chi connectivity index (χ4n) is 5.39. The number of carbonyl (C=O) groups is 1. The Bertz CT molecular complexity index is 1800. The fraction of sp³-hybridized carbons (Fsp3) is 0.250. The highest BCUT2D eigenvalue weighted by atomic mass is 32.2. The molecule has 43 heavy (non-hydrogen) atoms. The van der Waals surface area contributed by atoms with Crippen LogP contribution in [0.4, 0.5) is 15.9 Å². The lowest BCUT2D eigenvalue weighted by molar-refractivity contribution is -0.122. The number of aromatic nitrogens is 2. The zero-order valence-electron chi connectivity index (χ0n) is 23.8. The minimum absolute atomic E-state index is 0.229. The molecule has 220 valence electrons. The molecule has 0 saturated carbocycles. The molecule has 2 aliphatic heterocycles. The number of amides is 1. The first-order valence-corrected chi connectivity index (χ1v) is 15.2. The number of thiocarbonyl (C=S) groups is 1. The average molecular weight is 616 g/mol. The topological polar surface area (TPSA) is 70.4 Å². The molecule has 0 N–H and O–H groups in total. The van der Waals surface area contributed by atoms with Crippen molar-refractivity contribution in [3.63, 3.8) is 0 Å². The van der Waals surface area contributed by atoms with Crippen molar-refractivity contribution in [1.82, 2.24) is 14.3 Å². The molecule has 4 heterocycles. The number of aryl methyl sites for hydroxylation is 1. The maximum absolute atomic E-state index is 14.5. The third kappa shape index (κ3) is 5.74. The highest BCUT2D eigenvalue weighted by Gasteiger charge is 2.33. The third-order valence-electron chi connectivity index (χ3n) is 7.77. The summed E-state index contributed by atoms with van der Waals surface area (Å²) < 4.78 is 21.7. The largest absolute Gasteiger partial charge is 0.497 e. The second kappa shape index (κ2) is 12.2. The maximum Gasteiger partial charge on any atom is 0.267 e. The number of anilines is 2. The van der Waals surface area contributed by atoms with Gasteiger partial charge in [0.15, 0.2) is 0 Å². The first-order valence-electron chi connectivity index (χ1n) is 14.0. The number of piperazine rings is 1. The molecule has 0 spiro atoms. The molecule has 2 aromatic carbocycles. The number of ether oxygens (including phenoxy) is 1. The molecule has 0 radical (unpaired) electrons. The molecule has 11 heteroatoms. The molecule has 1 amide bonds. The van der Waals surface area contributed by atoms with E-state index in [0.717, 1.165) is 16.9 Å². The van der Waals surface area contributed by atoms with Crippen molar-refractivity contribution < 1.29 is 13.9 Å². The van der Waals surface area contributed by atoms with Gasteiger partial charge in [0.2, 0.25) is 0 Å². The summed E-state index contributed by atoms with van der Waals surface area (Å²) in [7, 11) is 1.62. The number of methoxy groups -OCH3 is 1. The van der Waals surface area contributed by atoms with Crippen molar-refractivity contribution in [2.24, 2.45) is 0 Å². The molecular weight excluding hydrogens is 586 g/mol. The Hall–Kier alpha value is -4.22. The number of rotatable bonds is 7. The van der Waals surface area contributed by atoms with Crippen LogP contribution in [0.5, 0.6) is 5.75 Å². The predicted molar refractivity (Wildman–Crippen MR) is 174 cm³/mol. The first kappa shape index (κ1) is 28.9. The molecule has 0 bridgehead atoms. The second-order valence-corrected chi connectivity index (χ2v) is 12.1. The maximum atomic E-state index is 14.5.